The maximum atomic E-state index is 12.5. The molecule has 1 amide bonds. The Morgan fingerprint density at radius 3 is 2.72 bits per heavy atom. The number of aromatic nitrogens is 2. The molecule has 0 bridgehead atoms. The van der Waals surface area contributed by atoms with E-state index in [9.17, 15) is 4.79 Å². The standard InChI is InChI=1S/C19H29N5O/c1-15-14-17(18(25)20-9-8-16-6-4-3-5-7-16)22-19(21-15)24-12-10-23(2)11-13-24/h6,14H,3-5,7-13H2,1-2H3,(H,20,25). The predicted molar refractivity (Wildman–Crippen MR) is 100.0 cm³/mol. The maximum absolute atomic E-state index is 12.5. The van der Waals surface area contributed by atoms with E-state index >= 15 is 0 Å². The molecule has 1 aromatic heterocycles. The summed E-state index contributed by atoms with van der Waals surface area (Å²) in [5.41, 5.74) is 2.78. The van der Waals surface area contributed by atoms with Gasteiger partial charge in [0.1, 0.15) is 5.69 Å². The minimum Gasteiger partial charge on any atom is -0.350 e. The van der Waals surface area contributed by atoms with Crippen LogP contribution in [0.25, 0.3) is 0 Å². The van der Waals surface area contributed by atoms with E-state index < -0.39 is 0 Å². The molecule has 2 heterocycles. The number of aryl methyl sites for hydroxylation is 1. The van der Waals surface area contributed by atoms with Crippen molar-refractivity contribution in [1.29, 1.82) is 0 Å². The molecule has 0 saturated carbocycles. The van der Waals surface area contributed by atoms with Gasteiger partial charge in [-0.2, -0.15) is 0 Å². The topological polar surface area (TPSA) is 61.4 Å². The molecular weight excluding hydrogens is 314 g/mol. The van der Waals surface area contributed by atoms with E-state index in [0.29, 0.717) is 18.2 Å². The molecule has 0 spiro atoms. The molecule has 6 nitrogen and oxygen atoms in total. The smallest absolute Gasteiger partial charge is 0.270 e. The lowest BCUT2D eigenvalue weighted by molar-refractivity contribution is 0.0949. The highest BCUT2D eigenvalue weighted by atomic mass is 16.1. The zero-order valence-electron chi connectivity index (χ0n) is 15.4. The van der Waals surface area contributed by atoms with Crippen LogP contribution in [0.15, 0.2) is 17.7 Å². The fourth-order valence-electron chi connectivity index (χ4n) is 3.38. The van der Waals surface area contributed by atoms with Crippen LogP contribution in [0.1, 0.15) is 48.3 Å². The summed E-state index contributed by atoms with van der Waals surface area (Å²) >= 11 is 0. The number of allylic oxidation sites excluding steroid dienone is 1. The van der Waals surface area contributed by atoms with Crippen molar-refractivity contribution in [3.63, 3.8) is 0 Å². The van der Waals surface area contributed by atoms with Crippen molar-refractivity contribution >= 4 is 11.9 Å². The number of anilines is 1. The van der Waals surface area contributed by atoms with E-state index in [1.807, 2.05) is 6.92 Å². The van der Waals surface area contributed by atoms with Crippen molar-refractivity contribution in [2.45, 2.75) is 39.0 Å². The van der Waals surface area contributed by atoms with Gasteiger partial charge in [0.05, 0.1) is 0 Å². The summed E-state index contributed by atoms with van der Waals surface area (Å²) in [5, 5.41) is 3.01. The molecule has 3 rings (SSSR count). The predicted octanol–water partition coefficient (Wildman–Crippen LogP) is 2.16. The molecule has 1 fully saturated rings. The molecule has 2 aliphatic rings. The Morgan fingerprint density at radius 1 is 1.20 bits per heavy atom. The third-order valence-corrected chi connectivity index (χ3v) is 4.98. The van der Waals surface area contributed by atoms with E-state index in [0.717, 1.165) is 38.3 Å². The van der Waals surface area contributed by atoms with Crippen LogP contribution in [-0.2, 0) is 0 Å². The third-order valence-electron chi connectivity index (χ3n) is 4.98. The highest BCUT2D eigenvalue weighted by Gasteiger charge is 2.19. The summed E-state index contributed by atoms with van der Waals surface area (Å²) in [7, 11) is 2.12. The molecule has 0 aromatic carbocycles. The van der Waals surface area contributed by atoms with Crippen LogP contribution in [0.2, 0.25) is 0 Å². The molecule has 1 aliphatic heterocycles. The minimum atomic E-state index is -0.0997. The van der Waals surface area contributed by atoms with Gasteiger partial charge in [0.25, 0.3) is 5.91 Å². The van der Waals surface area contributed by atoms with Crippen molar-refractivity contribution in [2.24, 2.45) is 0 Å². The molecule has 136 valence electrons. The van der Waals surface area contributed by atoms with Gasteiger partial charge >= 0.3 is 0 Å². The third kappa shape index (κ3) is 5.01. The summed E-state index contributed by atoms with van der Waals surface area (Å²) in [4.78, 5) is 26.0. The first-order valence-electron chi connectivity index (χ1n) is 9.37. The van der Waals surface area contributed by atoms with Gasteiger partial charge in [0.15, 0.2) is 0 Å². The Bertz CT molecular complexity index is 635. The Morgan fingerprint density at radius 2 is 2.00 bits per heavy atom. The zero-order valence-corrected chi connectivity index (χ0v) is 15.4. The molecule has 6 heteroatoms. The first-order valence-corrected chi connectivity index (χ1v) is 9.37. The number of carbonyl (C=O) groups is 1. The van der Waals surface area contributed by atoms with E-state index in [1.54, 1.807) is 6.07 Å². The van der Waals surface area contributed by atoms with Gasteiger partial charge in [-0.05, 0) is 52.1 Å². The van der Waals surface area contributed by atoms with Crippen molar-refractivity contribution < 1.29 is 4.79 Å². The quantitative estimate of drug-likeness (QED) is 0.830. The lowest BCUT2D eigenvalue weighted by Gasteiger charge is -2.32. The van der Waals surface area contributed by atoms with Crippen molar-refractivity contribution in [2.75, 3.05) is 44.7 Å². The average Bonchev–Trinajstić information content (AvgIpc) is 2.62. The first kappa shape index (κ1) is 17.9. The summed E-state index contributed by atoms with van der Waals surface area (Å²) < 4.78 is 0. The fraction of sp³-hybridized carbons (Fsp3) is 0.632. The highest BCUT2D eigenvalue weighted by Crippen LogP contribution is 2.19. The van der Waals surface area contributed by atoms with E-state index in [2.05, 4.69) is 38.2 Å². The SMILES string of the molecule is Cc1cc(C(=O)NCCC2=CCCCC2)nc(N2CCN(C)CC2)n1. The summed E-state index contributed by atoms with van der Waals surface area (Å²) in [5.74, 6) is 0.575. The van der Waals surface area contributed by atoms with Crippen LogP contribution >= 0.6 is 0 Å². The minimum absolute atomic E-state index is 0.0997. The van der Waals surface area contributed by atoms with Crippen molar-refractivity contribution in [3.05, 3.63) is 29.1 Å². The van der Waals surface area contributed by atoms with Gasteiger partial charge in [0, 0.05) is 38.4 Å². The summed E-state index contributed by atoms with van der Waals surface area (Å²) in [6.07, 6.45) is 8.21. The largest absolute Gasteiger partial charge is 0.350 e. The van der Waals surface area contributed by atoms with Gasteiger partial charge in [-0.25, -0.2) is 9.97 Å². The number of amides is 1. The maximum Gasteiger partial charge on any atom is 0.270 e. The lowest BCUT2D eigenvalue weighted by atomic mass is 9.97. The summed E-state index contributed by atoms with van der Waals surface area (Å²) in [6.45, 7) is 6.38. The normalized spacial score (nSPS) is 18.8. The molecule has 1 aliphatic carbocycles. The Hall–Kier alpha value is -1.95. The van der Waals surface area contributed by atoms with Crippen LogP contribution in [0.3, 0.4) is 0 Å². The highest BCUT2D eigenvalue weighted by molar-refractivity contribution is 5.92. The number of carbonyl (C=O) groups excluding carboxylic acids is 1. The molecule has 0 unspecified atom stereocenters. The van der Waals surface area contributed by atoms with Crippen molar-refractivity contribution in [3.8, 4) is 0 Å². The Kier molecular flexibility index (Phi) is 6.02. The number of rotatable bonds is 5. The second-order valence-electron chi connectivity index (χ2n) is 7.10. The molecule has 25 heavy (non-hydrogen) atoms. The molecule has 0 atom stereocenters. The number of piperazine rings is 1. The number of likely N-dealkylation sites (N-methyl/N-ethyl adjacent to an activating group) is 1. The number of nitrogens with one attached hydrogen (secondary N) is 1. The van der Waals surface area contributed by atoms with E-state index in [1.165, 1.54) is 31.3 Å². The van der Waals surface area contributed by atoms with Crippen LogP contribution in [0.5, 0.6) is 0 Å². The lowest BCUT2D eigenvalue weighted by Crippen LogP contribution is -2.45. The number of hydrogen-bond acceptors (Lipinski definition) is 5. The van der Waals surface area contributed by atoms with Gasteiger partial charge < -0.3 is 15.1 Å². The molecule has 1 aromatic rings. The van der Waals surface area contributed by atoms with Gasteiger partial charge in [-0.15, -0.1) is 0 Å². The molecule has 1 saturated heterocycles. The van der Waals surface area contributed by atoms with Gasteiger partial charge in [-0.3, -0.25) is 4.79 Å². The zero-order chi connectivity index (χ0) is 17.6. The monoisotopic (exact) mass is 343 g/mol. The second kappa shape index (κ2) is 8.43. The first-order chi connectivity index (χ1) is 12.1. The van der Waals surface area contributed by atoms with Crippen LogP contribution in [0.4, 0.5) is 5.95 Å². The molecule has 0 radical (unpaired) electrons. The second-order valence-corrected chi connectivity index (χ2v) is 7.10. The number of nitrogens with zero attached hydrogens (tertiary/aromatic N) is 4. The van der Waals surface area contributed by atoms with Gasteiger partial charge in [-0.1, -0.05) is 11.6 Å². The fourth-order valence-corrected chi connectivity index (χ4v) is 3.38. The van der Waals surface area contributed by atoms with E-state index in [4.69, 9.17) is 0 Å². The Labute approximate surface area is 150 Å². The molecular formula is C19H29N5O. The average molecular weight is 343 g/mol. The number of hydrogen-bond donors (Lipinski definition) is 1. The van der Waals surface area contributed by atoms with Crippen LogP contribution in [-0.4, -0.2) is 60.5 Å². The van der Waals surface area contributed by atoms with Crippen molar-refractivity contribution in [1.82, 2.24) is 20.2 Å². The Balaban J connectivity index is 1.59. The van der Waals surface area contributed by atoms with Crippen LogP contribution in [0, 0.1) is 6.92 Å². The van der Waals surface area contributed by atoms with Gasteiger partial charge in [0.2, 0.25) is 5.95 Å². The molecule has 1 N–H and O–H groups in total. The van der Waals surface area contributed by atoms with E-state index in [-0.39, 0.29) is 5.91 Å². The van der Waals surface area contributed by atoms with Crippen LogP contribution < -0.4 is 10.2 Å². The summed E-state index contributed by atoms with van der Waals surface area (Å²) in [6, 6.07) is 1.77.